The first kappa shape index (κ1) is 14.9. The van der Waals surface area contributed by atoms with E-state index in [1.54, 1.807) is 24.3 Å². The first-order valence-corrected chi connectivity index (χ1v) is 6.58. The second kappa shape index (κ2) is 6.28. The van der Waals surface area contributed by atoms with Crippen LogP contribution in [0, 0.1) is 17.5 Å². The van der Waals surface area contributed by atoms with Crippen LogP contribution in [-0.4, -0.2) is 11.7 Å². The number of halogens is 4. The molecule has 2 aromatic carbocycles. The molecule has 2 nitrogen and oxygen atoms in total. The summed E-state index contributed by atoms with van der Waals surface area (Å²) < 4.78 is 40.2. The second-order valence-corrected chi connectivity index (χ2v) is 5.12. The van der Waals surface area contributed by atoms with Gasteiger partial charge in [0.25, 0.3) is 0 Å². The molecule has 106 valence electrons. The van der Waals surface area contributed by atoms with Crippen LogP contribution in [0.1, 0.15) is 11.7 Å². The van der Waals surface area contributed by atoms with Gasteiger partial charge in [-0.05, 0) is 17.7 Å². The molecule has 0 amide bonds. The summed E-state index contributed by atoms with van der Waals surface area (Å²) in [6.45, 7) is -0.0731. The summed E-state index contributed by atoms with van der Waals surface area (Å²) in [6, 6.07) is 8.24. The van der Waals surface area contributed by atoms with Gasteiger partial charge in [-0.25, -0.2) is 13.2 Å². The Kier molecular flexibility index (Phi) is 4.67. The van der Waals surface area contributed by atoms with Gasteiger partial charge in [0.05, 0.1) is 11.8 Å². The molecule has 0 aliphatic carbocycles. The van der Waals surface area contributed by atoms with Crippen molar-refractivity contribution < 1.29 is 18.3 Å². The Morgan fingerprint density at radius 2 is 1.90 bits per heavy atom. The number of nitrogens with one attached hydrogen (secondary N) is 1. The van der Waals surface area contributed by atoms with Gasteiger partial charge in [0.15, 0.2) is 11.6 Å². The van der Waals surface area contributed by atoms with E-state index in [9.17, 15) is 18.3 Å². The van der Waals surface area contributed by atoms with Crippen LogP contribution in [0.5, 0.6) is 0 Å². The summed E-state index contributed by atoms with van der Waals surface area (Å²) in [4.78, 5) is 0. The quantitative estimate of drug-likeness (QED) is 0.820. The van der Waals surface area contributed by atoms with E-state index in [1.165, 1.54) is 0 Å². The predicted octanol–water partition coefficient (Wildman–Crippen LogP) is 4.01. The monoisotopic (exact) mass is 345 g/mol. The molecule has 0 aromatic heterocycles. The molecule has 1 atom stereocenters. The predicted molar refractivity (Wildman–Crippen MR) is 73.9 cm³/mol. The third kappa shape index (κ3) is 3.52. The average molecular weight is 346 g/mol. The van der Waals surface area contributed by atoms with E-state index in [-0.39, 0.29) is 12.2 Å². The minimum Gasteiger partial charge on any atom is -0.387 e. The summed E-state index contributed by atoms with van der Waals surface area (Å²) in [6.07, 6.45) is -0.932. The van der Waals surface area contributed by atoms with Gasteiger partial charge in [-0.1, -0.05) is 28.1 Å². The molecule has 2 aromatic rings. The van der Waals surface area contributed by atoms with Crippen LogP contribution in [0.15, 0.2) is 40.9 Å². The van der Waals surface area contributed by atoms with E-state index < -0.39 is 23.6 Å². The van der Waals surface area contributed by atoms with Crippen LogP contribution in [-0.2, 0) is 0 Å². The van der Waals surface area contributed by atoms with Crippen molar-refractivity contribution in [1.29, 1.82) is 0 Å². The van der Waals surface area contributed by atoms with Crippen LogP contribution in [0.4, 0.5) is 18.9 Å². The molecule has 0 saturated carbocycles. The standard InChI is InChI=1S/C14H11BrF3NO/c15-9-3-1-2-8(4-9)13(20)7-19-12-6-10(16)5-11(17)14(12)18/h1-6,13,19-20H,7H2. The Labute approximate surface area is 122 Å². The minimum absolute atomic E-state index is 0.0731. The molecule has 2 N–H and O–H groups in total. The Hall–Kier alpha value is -1.53. The minimum atomic E-state index is -1.27. The molecule has 20 heavy (non-hydrogen) atoms. The van der Waals surface area contributed by atoms with Crippen LogP contribution < -0.4 is 5.32 Å². The molecule has 0 aliphatic heterocycles. The van der Waals surface area contributed by atoms with Gasteiger partial charge in [-0.3, -0.25) is 0 Å². The molecule has 0 radical (unpaired) electrons. The van der Waals surface area contributed by atoms with Crippen molar-refractivity contribution in [1.82, 2.24) is 0 Å². The zero-order chi connectivity index (χ0) is 14.7. The number of rotatable bonds is 4. The van der Waals surface area contributed by atoms with Crippen molar-refractivity contribution in [3.05, 3.63) is 63.9 Å². The third-order valence-electron chi connectivity index (χ3n) is 2.71. The van der Waals surface area contributed by atoms with Crippen molar-refractivity contribution in [3.8, 4) is 0 Å². The lowest BCUT2D eigenvalue weighted by molar-refractivity contribution is 0.191. The van der Waals surface area contributed by atoms with E-state index in [0.717, 1.165) is 10.5 Å². The molecular formula is C14H11BrF3NO. The highest BCUT2D eigenvalue weighted by molar-refractivity contribution is 9.10. The average Bonchev–Trinajstić information content (AvgIpc) is 2.40. The van der Waals surface area contributed by atoms with E-state index in [4.69, 9.17) is 0 Å². The van der Waals surface area contributed by atoms with E-state index in [0.29, 0.717) is 11.6 Å². The molecule has 0 heterocycles. The summed E-state index contributed by atoms with van der Waals surface area (Å²) in [5.41, 5.74) is 0.278. The van der Waals surface area contributed by atoms with Gasteiger partial charge in [-0.15, -0.1) is 0 Å². The first-order valence-electron chi connectivity index (χ1n) is 5.79. The fraction of sp³-hybridized carbons (Fsp3) is 0.143. The van der Waals surface area contributed by atoms with Crippen molar-refractivity contribution >= 4 is 21.6 Å². The first-order chi connectivity index (χ1) is 9.47. The number of anilines is 1. The number of hydrogen-bond acceptors (Lipinski definition) is 2. The van der Waals surface area contributed by atoms with Crippen molar-refractivity contribution in [3.63, 3.8) is 0 Å². The topological polar surface area (TPSA) is 32.3 Å². The van der Waals surface area contributed by atoms with Crippen LogP contribution >= 0.6 is 15.9 Å². The highest BCUT2D eigenvalue weighted by Crippen LogP contribution is 2.22. The summed E-state index contributed by atoms with van der Waals surface area (Å²) >= 11 is 3.27. The lowest BCUT2D eigenvalue weighted by Gasteiger charge is -2.14. The highest BCUT2D eigenvalue weighted by Gasteiger charge is 2.13. The maximum absolute atomic E-state index is 13.4. The summed E-state index contributed by atoms with van der Waals surface area (Å²) in [7, 11) is 0. The number of aliphatic hydroxyl groups is 1. The SMILES string of the molecule is OC(CNc1cc(F)cc(F)c1F)c1cccc(Br)c1. The van der Waals surface area contributed by atoms with Gasteiger partial charge in [0, 0.05) is 23.2 Å². The summed E-state index contributed by atoms with van der Waals surface area (Å²) in [5.74, 6) is -3.33. The number of hydrogen-bond donors (Lipinski definition) is 2. The molecule has 0 bridgehead atoms. The molecule has 0 aliphatic rings. The van der Waals surface area contributed by atoms with Gasteiger partial charge >= 0.3 is 0 Å². The Morgan fingerprint density at radius 3 is 2.60 bits per heavy atom. The lowest BCUT2D eigenvalue weighted by Crippen LogP contribution is -2.13. The van der Waals surface area contributed by atoms with Crippen molar-refractivity contribution in [2.24, 2.45) is 0 Å². The number of benzene rings is 2. The fourth-order valence-electron chi connectivity index (χ4n) is 1.72. The molecule has 6 heteroatoms. The van der Waals surface area contributed by atoms with Crippen LogP contribution in [0.3, 0.4) is 0 Å². The molecule has 1 unspecified atom stereocenters. The molecular weight excluding hydrogens is 335 g/mol. The molecule has 0 spiro atoms. The fourth-order valence-corrected chi connectivity index (χ4v) is 2.14. The lowest BCUT2D eigenvalue weighted by atomic mass is 10.1. The molecule has 2 rings (SSSR count). The smallest absolute Gasteiger partial charge is 0.182 e. The molecule has 0 saturated heterocycles. The maximum Gasteiger partial charge on any atom is 0.182 e. The zero-order valence-corrected chi connectivity index (χ0v) is 11.8. The Balaban J connectivity index is 2.09. The van der Waals surface area contributed by atoms with E-state index >= 15 is 0 Å². The Morgan fingerprint density at radius 1 is 1.15 bits per heavy atom. The van der Waals surface area contributed by atoms with Gasteiger partial charge in [0.1, 0.15) is 5.82 Å². The normalized spacial score (nSPS) is 12.2. The molecule has 0 fully saturated rings. The van der Waals surface area contributed by atoms with E-state index in [1.807, 2.05) is 0 Å². The van der Waals surface area contributed by atoms with Crippen LogP contribution in [0.2, 0.25) is 0 Å². The maximum atomic E-state index is 13.4. The Bertz CT molecular complexity index is 621. The van der Waals surface area contributed by atoms with Crippen molar-refractivity contribution in [2.75, 3.05) is 11.9 Å². The largest absolute Gasteiger partial charge is 0.387 e. The summed E-state index contributed by atoms with van der Waals surface area (Å²) in [5, 5.41) is 12.4. The van der Waals surface area contributed by atoms with E-state index in [2.05, 4.69) is 21.2 Å². The number of aliphatic hydroxyl groups excluding tert-OH is 1. The van der Waals surface area contributed by atoms with Crippen LogP contribution in [0.25, 0.3) is 0 Å². The second-order valence-electron chi connectivity index (χ2n) is 4.20. The third-order valence-corrected chi connectivity index (χ3v) is 3.21. The van der Waals surface area contributed by atoms with Gasteiger partial charge < -0.3 is 10.4 Å². The van der Waals surface area contributed by atoms with Gasteiger partial charge in [-0.2, -0.15) is 0 Å². The highest BCUT2D eigenvalue weighted by atomic mass is 79.9. The van der Waals surface area contributed by atoms with Crippen molar-refractivity contribution in [2.45, 2.75) is 6.10 Å². The zero-order valence-electron chi connectivity index (χ0n) is 10.2. The van der Waals surface area contributed by atoms with Gasteiger partial charge in [0.2, 0.25) is 0 Å².